The number of hydrogen-bond donors (Lipinski definition) is 0. The number of piperazine rings is 1. The molecule has 2 heterocycles. The molecule has 190 valence electrons. The summed E-state index contributed by atoms with van der Waals surface area (Å²) in [5.41, 5.74) is 1.65. The summed E-state index contributed by atoms with van der Waals surface area (Å²) in [4.78, 5) is 38.9. The average molecular weight is 509 g/mol. The van der Waals surface area contributed by atoms with Crippen LogP contribution in [0.3, 0.4) is 0 Å². The van der Waals surface area contributed by atoms with E-state index in [2.05, 4.69) is 23.8 Å². The summed E-state index contributed by atoms with van der Waals surface area (Å²) in [5, 5.41) is 0.679. The second kappa shape index (κ2) is 11.7. The van der Waals surface area contributed by atoms with Crippen LogP contribution in [0.1, 0.15) is 49.0 Å². The van der Waals surface area contributed by atoms with Gasteiger partial charge in [0.05, 0.1) is 6.61 Å². The summed E-state index contributed by atoms with van der Waals surface area (Å²) in [7, 11) is 0. The van der Waals surface area contributed by atoms with Crippen LogP contribution in [0, 0.1) is 5.92 Å². The summed E-state index contributed by atoms with van der Waals surface area (Å²) in [6.45, 7) is 8.56. The highest BCUT2D eigenvalue weighted by Gasteiger charge is 2.32. The standard InChI is InChI=1S/C28H33ClN4O3/c1-19(2)18-36-25-9-5-7-22(15-25)27(34)33-13-12-32(17-20(33)3)28(35)26-30-11-10-23(16-31-26)21-6-4-8-24(29)14-21/h4-9,14-16,19-20,23H,10-13,17-18H2,1-3H3. The van der Waals surface area contributed by atoms with Crippen molar-refractivity contribution in [1.82, 2.24) is 9.80 Å². The van der Waals surface area contributed by atoms with Gasteiger partial charge in [-0.25, -0.2) is 4.99 Å². The van der Waals surface area contributed by atoms with Crippen LogP contribution in [0.4, 0.5) is 0 Å². The second-order valence-electron chi connectivity index (χ2n) is 9.77. The maximum Gasteiger partial charge on any atom is 0.291 e. The highest BCUT2D eigenvalue weighted by molar-refractivity contribution is 6.39. The van der Waals surface area contributed by atoms with Gasteiger partial charge in [0.1, 0.15) is 5.75 Å². The molecule has 4 rings (SSSR count). The molecule has 0 bridgehead atoms. The van der Waals surface area contributed by atoms with E-state index in [1.54, 1.807) is 23.2 Å². The number of carbonyl (C=O) groups excluding carboxylic acids is 2. The normalized spacial score (nSPS) is 20.2. The summed E-state index contributed by atoms with van der Waals surface area (Å²) in [6.07, 6.45) is 2.56. The van der Waals surface area contributed by atoms with E-state index in [9.17, 15) is 9.59 Å². The number of halogens is 1. The fourth-order valence-electron chi connectivity index (χ4n) is 4.43. The number of benzene rings is 2. The lowest BCUT2D eigenvalue weighted by Crippen LogP contribution is -2.56. The van der Waals surface area contributed by atoms with Crippen LogP contribution in [0.2, 0.25) is 5.02 Å². The molecule has 2 aliphatic heterocycles. The van der Waals surface area contributed by atoms with E-state index in [1.165, 1.54) is 0 Å². The molecule has 2 amide bonds. The number of hydrogen-bond acceptors (Lipinski definition) is 5. The van der Waals surface area contributed by atoms with Crippen molar-refractivity contribution in [2.75, 3.05) is 32.8 Å². The van der Waals surface area contributed by atoms with Gasteiger partial charge in [-0.1, -0.05) is 43.6 Å². The van der Waals surface area contributed by atoms with Gasteiger partial charge < -0.3 is 14.5 Å². The Morgan fingerprint density at radius 2 is 1.92 bits per heavy atom. The number of aliphatic imine (C=N–C) groups is 2. The number of amidine groups is 1. The molecule has 2 aliphatic rings. The zero-order valence-corrected chi connectivity index (χ0v) is 21.8. The van der Waals surface area contributed by atoms with Crippen LogP contribution < -0.4 is 4.74 Å². The molecule has 0 radical (unpaired) electrons. The fourth-order valence-corrected chi connectivity index (χ4v) is 4.63. The van der Waals surface area contributed by atoms with Crippen molar-refractivity contribution in [3.8, 4) is 5.75 Å². The SMILES string of the molecule is CC(C)COc1cccc(C(=O)N2CCN(C(=O)C3=NCCC(c4cccc(Cl)c4)C=N3)CC2C)c1. The molecule has 1 fully saturated rings. The minimum Gasteiger partial charge on any atom is -0.493 e. The van der Waals surface area contributed by atoms with Gasteiger partial charge in [0, 0.05) is 54.9 Å². The van der Waals surface area contributed by atoms with Gasteiger partial charge >= 0.3 is 0 Å². The Morgan fingerprint density at radius 3 is 2.67 bits per heavy atom. The zero-order valence-electron chi connectivity index (χ0n) is 21.1. The molecule has 2 aromatic carbocycles. The van der Waals surface area contributed by atoms with E-state index in [1.807, 2.05) is 48.2 Å². The van der Waals surface area contributed by atoms with Gasteiger partial charge in [0.25, 0.3) is 11.8 Å². The minimum absolute atomic E-state index is 0.0567. The van der Waals surface area contributed by atoms with Crippen molar-refractivity contribution >= 4 is 35.5 Å². The van der Waals surface area contributed by atoms with Gasteiger partial charge in [0.15, 0.2) is 0 Å². The van der Waals surface area contributed by atoms with Crippen molar-refractivity contribution in [1.29, 1.82) is 0 Å². The number of carbonyl (C=O) groups is 2. The number of nitrogens with zero attached hydrogens (tertiary/aromatic N) is 4. The minimum atomic E-state index is -0.193. The molecule has 0 aromatic heterocycles. The molecular weight excluding hydrogens is 476 g/mol. The van der Waals surface area contributed by atoms with E-state index in [0.29, 0.717) is 55.0 Å². The van der Waals surface area contributed by atoms with Gasteiger partial charge in [-0.15, -0.1) is 0 Å². The summed E-state index contributed by atoms with van der Waals surface area (Å²) < 4.78 is 5.78. The molecule has 2 unspecified atom stereocenters. The van der Waals surface area contributed by atoms with Crippen molar-refractivity contribution in [3.63, 3.8) is 0 Å². The van der Waals surface area contributed by atoms with Crippen LogP contribution in [-0.2, 0) is 4.79 Å². The molecule has 0 spiro atoms. The Hall–Kier alpha value is -3.19. The van der Waals surface area contributed by atoms with E-state index in [4.69, 9.17) is 16.3 Å². The second-order valence-corrected chi connectivity index (χ2v) is 10.2. The molecule has 0 N–H and O–H groups in total. The van der Waals surface area contributed by atoms with E-state index in [-0.39, 0.29) is 29.6 Å². The van der Waals surface area contributed by atoms with Crippen LogP contribution in [-0.4, -0.2) is 72.5 Å². The van der Waals surface area contributed by atoms with Crippen molar-refractivity contribution in [2.45, 2.75) is 39.2 Å². The van der Waals surface area contributed by atoms with Gasteiger partial charge in [0.2, 0.25) is 5.84 Å². The number of amides is 2. The topological polar surface area (TPSA) is 74.6 Å². The lowest BCUT2D eigenvalue weighted by atomic mass is 9.97. The van der Waals surface area contributed by atoms with E-state index < -0.39 is 0 Å². The molecule has 2 aromatic rings. The highest BCUT2D eigenvalue weighted by atomic mass is 35.5. The van der Waals surface area contributed by atoms with Crippen LogP contribution >= 0.6 is 11.6 Å². The predicted octanol–water partition coefficient (Wildman–Crippen LogP) is 4.70. The molecule has 8 heteroatoms. The van der Waals surface area contributed by atoms with Gasteiger partial charge in [-0.2, -0.15) is 0 Å². The van der Waals surface area contributed by atoms with Crippen LogP contribution in [0.25, 0.3) is 0 Å². The quantitative estimate of drug-likeness (QED) is 0.567. The third-order valence-electron chi connectivity index (χ3n) is 6.39. The summed E-state index contributed by atoms with van der Waals surface area (Å²) in [5.74, 6) is 1.13. The summed E-state index contributed by atoms with van der Waals surface area (Å²) >= 11 is 6.14. The summed E-state index contributed by atoms with van der Waals surface area (Å²) in [6, 6.07) is 14.9. The maximum absolute atomic E-state index is 13.2. The molecule has 0 aliphatic carbocycles. The van der Waals surface area contributed by atoms with Gasteiger partial charge in [-0.05, 0) is 55.2 Å². The van der Waals surface area contributed by atoms with Crippen molar-refractivity contribution in [3.05, 3.63) is 64.7 Å². The Kier molecular flexibility index (Phi) is 8.41. The number of rotatable bonds is 6. The lowest BCUT2D eigenvalue weighted by molar-refractivity contribution is -0.126. The Morgan fingerprint density at radius 1 is 1.11 bits per heavy atom. The molecule has 7 nitrogen and oxygen atoms in total. The van der Waals surface area contributed by atoms with E-state index in [0.717, 1.165) is 12.0 Å². The van der Waals surface area contributed by atoms with Crippen LogP contribution in [0.15, 0.2) is 58.5 Å². The first-order valence-corrected chi connectivity index (χ1v) is 12.9. The Balaban J connectivity index is 1.37. The lowest BCUT2D eigenvalue weighted by Gasteiger charge is -2.39. The third kappa shape index (κ3) is 6.32. The first kappa shape index (κ1) is 25.9. The first-order chi connectivity index (χ1) is 17.3. The number of ether oxygens (including phenoxy) is 1. The molecule has 2 atom stereocenters. The smallest absolute Gasteiger partial charge is 0.291 e. The predicted molar refractivity (Wildman–Crippen MR) is 143 cm³/mol. The Labute approximate surface area is 217 Å². The molecular formula is C28H33ClN4O3. The fraction of sp³-hybridized carbons (Fsp3) is 0.429. The highest BCUT2D eigenvalue weighted by Crippen LogP contribution is 2.23. The van der Waals surface area contributed by atoms with Crippen molar-refractivity contribution in [2.24, 2.45) is 15.9 Å². The third-order valence-corrected chi connectivity index (χ3v) is 6.62. The molecule has 36 heavy (non-hydrogen) atoms. The van der Waals surface area contributed by atoms with E-state index >= 15 is 0 Å². The average Bonchev–Trinajstić information content (AvgIpc) is 3.13. The van der Waals surface area contributed by atoms with Gasteiger partial charge in [-0.3, -0.25) is 14.6 Å². The van der Waals surface area contributed by atoms with Crippen LogP contribution in [0.5, 0.6) is 5.75 Å². The first-order valence-electron chi connectivity index (χ1n) is 12.5. The maximum atomic E-state index is 13.2. The Bertz CT molecular complexity index is 1160. The molecule has 0 saturated carbocycles. The largest absolute Gasteiger partial charge is 0.493 e. The zero-order chi connectivity index (χ0) is 25.7. The van der Waals surface area contributed by atoms with Crippen molar-refractivity contribution < 1.29 is 14.3 Å². The monoisotopic (exact) mass is 508 g/mol. The molecule has 1 saturated heterocycles.